The molecular formula is C12H7Cl2FN4. The van der Waals surface area contributed by atoms with E-state index >= 15 is 0 Å². The fourth-order valence-electron chi connectivity index (χ4n) is 1.69. The number of fused-ring (bicyclic) bond motifs is 1. The minimum Gasteiger partial charge on any atom is -0.340 e. The van der Waals surface area contributed by atoms with Crippen LogP contribution in [-0.4, -0.2) is 14.6 Å². The molecule has 1 N–H and O–H groups in total. The highest BCUT2D eigenvalue weighted by molar-refractivity contribution is 6.31. The SMILES string of the molecule is Fc1ccc(Nc2cc(Cl)nc3ccnn23)cc1Cl. The number of nitrogens with zero attached hydrogens (tertiary/aromatic N) is 3. The van der Waals surface area contributed by atoms with Crippen molar-refractivity contribution in [1.82, 2.24) is 14.6 Å². The van der Waals surface area contributed by atoms with E-state index in [1.54, 1.807) is 28.9 Å². The van der Waals surface area contributed by atoms with Gasteiger partial charge in [-0.15, -0.1) is 0 Å². The van der Waals surface area contributed by atoms with Crippen LogP contribution in [0.25, 0.3) is 5.65 Å². The molecule has 3 aromatic rings. The number of halogens is 3. The molecule has 0 amide bonds. The summed E-state index contributed by atoms with van der Waals surface area (Å²) in [5.74, 6) is 0.145. The highest BCUT2D eigenvalue weighted by Gasteiger charge is 2.07. The van der Waals surface area contributed by atoms with Crippen molar-refractivity contribution < 1.29 is 4.39 Å². The van der Waals surface area contributed by atoms with Gasteiger partial charge in [0.2, 0.25) is 0 Å². The second-order valence-corrected chi connectivity index (χ2v) is 4.61. The van der Waals surface area contributed by atoms with Gasteiger partial charge >= 0.3 is 0 Å². The molecule has 0 atom stereocenters. The third-order valence-electron chi connectivity index (χ3n) is 2.52. The number of hydrogen-bond donors (Lipinski definition) is 1. The Morgan fingerprint density at radius 2 is 2.00 bits per heavy atom. The molecule has 0 spiro atoms. The molecule has 0 aliphatic carbocycles. The van der Waals surface area contributed by atoms with Crippen molar-refractivity contribution in [2.24, 2.45) is 0 Å². The Morgan fingerprint density at radius 3 is 2.79 bits per heavy atom. The zero-order valence-electron chi connectivity index (χ0n) is 9.44. The van der Waals surface area contributed by atoms with Crippen molar-refractivity contribution >= 4 is 40.4 Å². The highest BCUT2D eigenvalue weighted by Crippen LogP contribution is 2.24. The zero-order chi connectivity index (χ0) is 13.4. The number of rotatable bonds is 2. The van der Waals surface area contributed by atoms with E-state index in [2.05, 4.69) is 15.4 Å². The second-order valence-electron chi connectivity index (χ2n) is 3.82. The lowest BCUT2D eigenvalue weighted by atomic mass is 10.3. The molecule has 7 heteroatoms. The van der Waals surface area contributed by atoms with Crippen molar-refractivity contribution in [2.75, 3.05) is 5.32 Å². The van der Waals surface area contributed by atoms with Gasteiger partial charge in [-0.2, -0.15) is 9.61 Å². The summed E-state index contributed by atoms with van der Waals surface area (Å²) in [7, 11) is 0. The Balaban J connectivity index is 2.04. The van der Waals surface area contributed by atoms with Gasteiger partial charge in [-0.1, -0.05) is 23.2 Å². The summed E-state index contributed by atoms with van der Waals surface area (Å²) < 4.78 is 14.7. The molecule has 2 heterocycles. The number of anilines is 2. The molecule has 2 aromatic heterocycles. The summed E-state index contributed by atoms with van der Waals surface area (Å²) in [5.41, 5.74) is 1.24. The fourth-order valence-corrected chi connectivity index (χ4v) is 2.06. The smallest absolute Gasteiger partial charge is 0.159 e. The van der Waals surface area contributed by atoms with Crippen LogP contribution in [0.4, 0.5) is 15.9 Å². The van der Waals surface area contributed by atoms with E-state index in [1.165, 1.54) is 12.1 Å². The standard InChI is InChI=1S/C12H7Cl2FN4/c13-8-5-7(1-2-9(8)15)17-12-6-10(14)18-11-3-4-16-19(11)12/h1-6,17H. The van der Waals surface area contributed by atoms with E-state index in [0.29, 0.717) is 22.3 Å². The summed E-state index contributed by atoms with van der Waals surface area (Å²) in [6, 6.07) is 7.70. The maximum absolute atomic E-state index is 13.1. The first-order chi connectivity index (χ1) is 9.13. The average Bonchev–Trinajstić information content (AvgIpc) is 2.82. The van der Waals surface area contributed by atoms with Gasteiger partial charge in [0.25, 0.3) is 0 Å². The van der Waals surface area contributed by atoms with Crippen LogP contribution in [0.1, 0.15) is 0 Å². The molecule has 0 aliphatic heterocycles. The van der Waals surface area contributed by atoms with Crippen LogP contribution in [0.2, 0.25) is 10.2 Å². The van der Waals surface area contributed by atoms with E-state index in [4.69, 9.17) is 23.2 Å². The van der Waals surface area contributed by atoms with Gasteiger partial charge in [-0.25, -0.2) is 9.37 Å². The summed E-state index contributed by atoms with van der Waals surface area (Å²) in [5, 5.41) is 7.57. The number of aromatic nitrogens is 3. The van der Waals surface area contributed by atoms with Crippen LogP contribution in [0.15, 0.2) is 36.5 Å². The lowest BCUT2D eigenvalue weighted by molar-refractivity contribution is 0.628. The van der Waals surface area contributed by atoms with Gasteiger partial charge in [0.15, 0.2) is 5.65 Å². The third kappa shape index (κ3) is 2.34. The van der Waals surface area contributed by atoms with E-state index < -0.39 is 5.82 Å². The van der Waals surface area contributed by atoms with Gasteiger partial charge in [-0.05, 0) is 18.2 Å². The lowest BCUT2D eigenvalue weighted by Gasteiger charge is -2.09. The van der Waals surface area contributed by atoms with Gasteiger partial charge in [0.1, 0.15) is 16.8 Å². The van der Waals surface area contributed by atoms with Crippen LogP contribution >= 0.6 is 23.2 Å². The molecule has 0 saturated heterocycles. The molecular weight excluding hydrogens is 290 g/mol. The molecule has 0 fully saturated rings. The number of benzene rings is 1. The third-order valence-corrected chi connectivity index (χ3v) is 3.00. The first-order valence-electron chi connectivity index (χ1n) is 5.36. The van der Waals surface area contributed by atoms with Crippen LogP contribution in [0.5, 0.6) is 0 Å². The minimum atomic E-state index is -0.468. The van der Waals surface area contributed by atoms with Gasteiger partial charge in [0, 0.05) is 17.8 Å². The zero-order valence-corrected chi connectivity index (χ0v) is 11.0. The quantitative estimate of drug-likeness (QED) is 0.729. The molecule has 19 heavy (non-hydrogen) atoms. The van der Waals surface area contributed by atoms with Crippen molar-refractivity contribution in [1.29, 1.82) is 0 Å². The van der Waals surface area contributed by atoms with E-state index in [-0.39, 0.29) is 5.02 Å². The minimum absolute atomic E-state index is 0.0434. The molecule has 0 unspecified atom stereocenters. The van der Waals surface area contributed by atoms with Crippen LogP contribution in [0.3, 0.4) is 0 Å². The lowest BCUT2D eigenvalue weighted by Crippen LogP contribution is -2.01. The maximum Gasteiger partial charge on any atom is 0.159 e. The van der Waals surface area contributed by atoms with Crippen LogP contribution < -0.4 is 5.32 Å². The molecule has 0 saturated carbocycles. The highest BCUT2D eigenvalue weighted by atomic mass is 35.5. The predicted octanol–water partition coefficient (Wildman–Crippen LogP) is 3.92. The van der Waals surface area contributed by atoms with Crippen LogP contribution in [0, 0.1) is 5.82 Å². The molecule has 1 aromatic carbocycles. The van der Waals surface area contributed by atoms with Gasteiger partial charge in [-0.3, -0.25) is 0 Å². The second kappa shape index (κ2) is 4.68. The Labute approximate surface area is 117 Å². The fraction of sp³-hybridized carbons (Fsp3) is 0. The van der Waals surface area contributed by atoms with Crippen LogP contribution in [-0.2, 0) is 0 Å². The summed E-state index contributed by atoms with van der Waals surface area (Å²) >= 11 is 11.7. The first-order valence-corrected chi connectivity index (χ1v) is 6.11. The molecule has 0 radical (unpaired) electrons. The number of hydrogen-bond acceptors (Lipinski definition) is 3. The molecule has 4 nitrogen and oxygen atoms in total. The largest absolute Gasteiger partial charge is 0.340 e. The average molecular weight is 297 g/mol. The Morgan fingerprint density at radius 1 is 1.16 bits per heavy atom. The summed E-state index contributed by atoms with van der Waals surface area (Å²) in [4.78, 5) is 4.11. The summed E-state index contributed by atoms with van der Waals surface area (Å²) in [6.45, 7) is 0. The molecule has 0 bridgehead atoms. The van der Waals surface area contributed by atoms with E-state index in [0.717, 1.165) is 0 Å². The topological polar surface area (TPSA) is 42.2 Å². The van der Waals surface area contributed by atoms with Crippen molar-refractivity contribution in [2.45, 2.75) is 0 Å². The first kappa shape index (κ1) is 12.2. The Hall–Kier alpha value is -1.85. The molecule has 96 valence electrons. The van der Waals surface area contributed by atoms with Gasteiger partial charge in [0.05, 0.1) is 11.2 Å². The normalized spacial score (nSPS) is 10.9. The number of nitrogens with one attached hydrogen (secondary N) is 1. The van der Waals surface area contributed by atoms with E-state index in [1.807, 2.05) is 0 Å². The Bertz CT molecular complexity index is 757. The van der Waals surface area contributed by atoms with Crippen molar-refractivity contribution in [3.8, 4) is 0 Å². The van der Waals surface area contributed by atoms with Gasteiger partial charge < -0.3 is 5.32 Å². The monoisotopic (exact) mass is 296 g/mol. The van der Waals surface area contributed by atoms with E-state index in [9.17, 15) is 4.39 Å². The molecule has 3 rings (SSSR count). The summed E-state index contributed by atoms with van der Waals surface area (Å²) in [6.07, 6.45) is 1.61. The maximum atomic E-state index is 13.1. The predicted molar refractivity (Wildman–Crippen MR) is 72.7 cm³/mol. The molecule has 0 aliphatic rings. The van der Waals surface area contributed by atoms with Crippen molar-refractivity contribution in [3.05, 3.63) is 52.5 Å². The van der Waals surface area contributed by atoms with Crippen molar-refractivity contribution in [3.63, 3.8) is 0 Å². The Kier molecular flexibility index (Phi) is 3.00.